The maximum absolute atomic E-state index is 14.9. The Balaban J connectivity index is 1.53. The average molecular weight is 538 g/mol. The van der Waals surface area contributed by atoms with Crippen LogP contribution in [-0.4, -0.2) is 54.5 Å². The fourth-order valence-electron chi connectivity index (χ4n) is 3.81. The molecular weight excluding hydrogens is 508 g/mol. The van der Waals surface area contributed by atoms with Gasteiger partial charge in [0.05, 0.1) is 29.7 Å². The molecule has 3 aromatic rings. The van der Waals surface area contributed by atoms with E-state index in [1.807, 2.05) is 0 Å². The second-order valence-electron chi connectivity index (χ2n) is 9.97. The second kappa shape index (κ2) is 11.2. The zero-order valence-electron chi connectivity index (χ0n) is 20.6. The Labute approximate surface area is 214 Å². The third kappa shape index (κ3) is 6.42. The number of ether oxygens (including phenoxy) is 3. The van der Waals surface area contributed by atoms with E-state index >= 15 is 0 Å². The number of pyridine rings is 1. The standard InChI is InChI=1S/C25H30ClF2N3O4Si/c1-36(2,3)9-8-33-15-31-13-18(26)23-21(4-6-29-25(23)31)35-24-19(27)10-16(11-20(24)28)12-22-30-17(14-32)5-7-34-22/h4,6,10-11,13,17,32H,5,7-9,12,14-15H2,1-3H3. The first kappa shape index (κ1) is 26.5. The van der Waals surface area contributed by atoms with Crippen LogP contribution in [0.2, 0.25) is 30.7 Å². The molecule has 7 nitrogen and oxygen atoms in total. The van der Waals surface area contributed by atoms with E-state index in [4.69, 9.17) is 25.8 Å². The van der Waals surface area contributed by atoms with Crippen molar-refractivity contribution in [2.24, 2.45) is 4.99 Å². The van der Waals surface area contributed by atoms with Gasteiger partial charge in [0, 0.05) is 39.9 Å². The molecule has 3 heterocycles. The van der Waals surface area contributed by atoms with Crippen molar-refractivity contribution < 1.29 is 28.1 Å². The number of nitrogens with zero attached hydrogens (tertiary/aromatic N) is 3. The topological polar surface area (TPSA) is 78.1 Å². The van der Waals surface area contributed by atoms with Gasteiger partial charge in [-0.25, -0.2) is 18.8 Å². The van der Waals surface area contributed by atoms with Crippen LogP contribution < -0.4 is 4.74 Å². The largest absolute Gasteiger partial charge is 0.481 e. The van der Waals surface area contributed by atoms with Gasteiger partial charge in [-0.05, 0) is 29.8 Å². The summed E-state index contributed by atoms with van der Waals surface area (Å²) >= 11 is 6.45. The first-order valence-corrected chi connectivity index (χ1v) is 15.9. The molecular formula is C25H30ClF2N3O4Si. The molecule has 2 aromatic heterocycles. The van der Waals surface area contributed by atoms with Crippen LogP contribution in [0.15, 0.2) is 35.6 Å². The lowest BCUT2D eigenvalue weighted by molar-refractivity contribution is 0.0899. The van der Waals surface area contributed by atoms with Crippen LogP contribution >= 0.6 is 11.6 Å². The van der Waals surface area contributed by atoms with E-state index < -0.39 is 25.5 Å². The number of aliphatic imine (C=N–C) groups is 1. The Hall–Kier alpha value is -2.53. The summed E-state index contributed by atoms with van der Waals surface area (Å²) < 4.78 is 48.6. The molecule has 0 saturated heterocycles. The zero-order valence-corrected chi connectivity index (χ0v) is 22.3. The van der Waals surface area contributed by atoms with E-state index in [1.165, 1.54) is 24.4 Å². The van der Waals surface area contributed by atoms with Gasteiger partial charge in [0.2, 0.25) is 0 Å². The molecule has 1 N–H and O–H groups in total. The van der Waals surface area contributed by atoms with Crippen LogP contribution in [0.5, 0.6) is 11.5 Å². The predicted molar refractivity (Wildman–Crippen MR) is 138 cm³/mol. The van der Waals surface area contributed by atoms with Crippen molar-refractivity contribution in [2.75, 3.05) is 19.8 Å². The molecule has 0 bridgehead atoms. The first-order valence-electron chi connectivity index (χ1n) is 11.8. The van der Waals surface area contributed by atoms with Gasteiger partial charge in [0.15, 0.2) is 23.3 Å². The van der Waals surface area contributed by atoms with Crippen LogP contribution in [0.4, 0.5) is 8.78 Å². The van der Waals surface area contributed by atoms with Gasteiger partial charge in [-0.1, -0.05) is 31.2 Å². The SMILES string of the molecule is C[Si](C)(C)CCOCn1cc(Cl)c2c(Oc3c(F)cc(CC4=NC(CO)CCO4)cc3F)ccnc21. The lowest BCUT2D eigenvalue weighted by Gasteiger charge is -2.20. The van der Waals surface area contributed by atoms with Crippen molar-refractivity contribution in [3.63, 3.8) is 0 Å². The van der Waals surface area contributed by atoms with Gasteiger partial charge in [-0.3, -0.25) is 0 Å². The molecule has 0 saturated carbocycles. The normalized spacial score (nSPS) is 16.2. The van der Waals surface area contributed by atoms with Crippen molar-refractivity contribution in [1.82, 2.24) is 9.55 Å². The van der Waals surface area contributed by atoms with Gasteiger partial charge < -0.3 is 23.9 Å². The van der Waals surface area contributed by atoms with Crippen LogP contribution in [0.25, 0.3) is 11.0 Å². The van der Waals surface area contributed by atoms with Gasteiger partial charge in [-0.2, -0.15) is 0 Å². The highest BCUT2D eigenvalue weighted by Crippen LogP contribution is 2.37. The van der Waals surface area contributed by atoms with Crippen LogP contribution in [0, 0.1) is 11.6 Å². The molecule has 4 rings (SSSR count). The molecule has 0 fully saturated rings. The third-order valence-electron chi connectivity index (χ3n) is 5.78. The second-order valence-corrected chi connectivity index (χ2v) is 16.0. The maximum Gasteiger partial charge on any atom is 0.198 e. The van der Waals surface area contributed by atoms with E-state index in [1.54, 1.807) is 10.8 Å². The lowest BCUT2D eigenvalue weighted by atomic mass is 10.1. The van der Waals surface area contributed by atoms with Gasteiger partial charge in [-0.15, -0.1) is 0 Å². The van der Waals surface area contributed by atoms with Crippen molar-refractivity contribution in [3.05, 3.63) is 52.8 Å². The fourth-order valence-corrected chi connectivity index (χ4v) is 4.86. The minimum atomic E-state index is -1.22. The highest BCUT2D eigenvalue weighted by Gasteiger charge is 2.21. The number of aromatic nitrogens is 2. The van der Waals surface area contributed by atoms with Crippen molar-refractivity contribution in [2.45, 2.75) is 51.3 Å². The van der Waals surface area contributed by atoms with E-state index in [0.29, 0.717) is 47.2 Å². The summed E-state index contributed by atoms with van der Waals surface area (Å²) in [7, 11) is -1.22. The van der Waals surface area contributed by atoms with Gasteiger partial charge >= 0.3 is 0 Å². The molecule has 0 aliphatic carbocycles. The highest BCUT2D eigenvalue weighted by molar-refractivity contribution is 6.76. The Morgan fingerprint density at radius 3 is 2.69 bits per heavy atom. The molecule has 1 aliphatic rings. The molecule has 0 spiro atoms. The van der Waals surface area contributed by atoms with Crippen LogP contribution in [0.1, 0.15) is 12.0 Å². The van der Waals surface area contributed by atoms with Crippen molar-refractivity contribution in [1.29, 1.82) is 0 Å². The molecule has 194 valence electrons. The number of fused-ring (bicyclic) bond motifs is 1. The van der Waals surface area contributed by atoms with E-state index in [-0.39, 0.29) is 31.5 Å². The third-order valence-corrected chi connectivity index (χ3v) is 7.77. The summed E-state index contributed by atoms with van der Waals surface area (Å²) in [4.78, 5) is 8.63. The van der Waals surface area contributed by atoms with E-state index in [9.17, 15) is 13.9 Å². The molecule has 11 heteroatoms. The molecule has 1 unspecified atom stereocenters. The molecule has 0 radical (unpaired) electrons. The summed E-state index contributed by atoms with van der Waals surface area (Å²) in [5, 5.41) is 10.1. The van der Waals surface area contributed by atoms with Crippen LogP contribution in [0.3, 0.4) is 0 Å². The first-order chi connectivity index (χ1) is 17.1. The summed E-state index contributed by atoms with van der Waals surface area (Å²) in [5.74, 6) is -1.75. The molecule has 1 atom stereocenters. The van der Waals surface area contributed by atoms with Crippen molar-refractivity contribution >= 4 is 36.6 Å². The number of aliphatic hydroxyl groups is 1. The monoisotopic (exact) mass is 537 g/mol. The zero-order chi connectivity index (χ0) is 25.9. The predicted octanol–water partition coefficient (Wildman–Crippen LogP) is 5.79. The quantitative estimate of drug-likeness (QED) is 0.261. The van der Waals surface area contributed by atoms with Crippen molar-refractivity contribution in [3.8, 4) is 11.5 Å². The summed E-state index contributed by atoms with van der Waals surface area (Å²) in [6, 6.07) is 4.65. The Bertz CT molecular complexity index is 1240. The number of rotatable bonds is 10. The minimum Gasteiger partial charge on any atom is -0.481 e. The van der Waals surface area contributed by atoms with Gasteiger partial charge in [0.1, 0.15) is 18.1 Å². The Morgan fingerprint density at radius 1 is 1.25 bits per heavy atom. The molecule has 1 aromatic carbocycles. The number of aliphatic hydroxyl groups excluding tert-OH is 1. The molecule has 1 aliphatic heterocycles. The summed E-state index contributed by atoms with van der Waals surface area (Å²) in [5.41, 5.74) is 0.836. The number of hydrogen-bond acceptors (Lipinski definition) is 6. The van der Waals surface area contributed by atoms with E-state index in [2.05, 4.69) is 29.6 Å². The van der Waals surface area contributed by atoms with Crippen LogP contribution in [-0.2, 0) is 22.6 Å². The number of halogens is 3. The Morgan fingerprint density at radius 2 is 2.00 bits per heavy atom. The lowest BCUT2D eigenvalue weighted by Crippen LogP contribution is -2.25. The summed E-state index contributed by atoms with van der Waals surface area (Å²) in [6.07, 6.45) is 3.87. The Kier molecular flexibility index (Phi) is 8.29. The number of hydrogen-bond donors (Lipinski definition) is 1. The smallest absolute Gasteiger partial charge is 0.198 e. The molecule has 0 amide bonds. The maximum atomic E-state index is 14.9. The minimum absolute atomic E-state index is 0.0996. The molecule has 36 heavy (non-hydrogen) atoms. The number of benzene rings is 1. The van der Waals surface area contributed by atoms with E-state index in [0.717, 1.165) is 6.04 Å². The fraction of sp³-hybridized carbons (Fsp3) is 0.440. The highest BCUT2D eigenvalue weighted by atomic mass is 35.5. The van der Waals surface area contributed by atoms with Gasteiger partial charge in [0.25, 0.3) is 0 Å². The average Bonchev–Trinajstić information content (AvgIpc) is 3.15. The summed E-state index contributed by atoms with van der Waals surface area (Å²) in [6.45, 7) is 8.01.